The molecule has 166 valence electrons. The minimum absolute atomic E-state index is 0.403. The van der Waals surface area contributed by atoms with Gasteiger partial charge in [0.1, 0.15) is 36.0 Å². The third kappa shape index (κ3) is 4.17. The number of hydrogen-bond donors (Lipinski definition) is 4. The molecule has 0 unspecified atom stereocenters. The number of ether oxygens (including phenoxy) is 2. The third-order valence-electron chi connectivity index (χ3n) is 5.28. The van der Waals surface area contributed by atoms with Crippen molar-refractivity contribution in [1.82, 2.24) is 4.57 Å². The van der Waals surface area contributed by atoms with E-state index in [2.05, 4.69) is 0 Å². The van der Waals surface area contributed by atoms with Gasteiger partial charge in [-0.05, 0) is 25.1 Å². The Balaban J connectivity index is 1.71. The Hall–Kier alpha value is -2.14. The van der Waals surface area contributed by atoms with Gasteiger partial charge in [-0.25, -0.2) is 4.39 Å². The van der Waals surface area contributed by atoms with Crippen LogP contribution < -0.4 is 4.74 Å². The van der Waals surface area contributed by atoms with Gasteiger partial charge in [-0.3, -0.25) is 0 Å². The van der Waals surface area contributed by atoms with E-state index in [1.54, 1.807) is 22.9 Å². The van der Waals surface area contributed by atoms with Gasteiger partial charge in [0.05, 0.1) is 18.7 Å². The van der Waals surface area contributed by atoms with Crippen LogP contribution in [0.1, 0.15) is 13.2 Å². The highest BCUT2D eigenvalue weighted by Gasteiger charge is 2.44. The average Bonchev–Trinajstić information content (AvgIpc) is 3.13. The summed E-state index contributed by atoms with van der Waals surface area (Å²) in [6.07, 6.45) is -4.71. The molecule has 0 spiro atoms. The van der Waals surface area contributed by atoms with Crippen LogP contribution in [0.5, 0.6) is 5.75 Å². The summed E-state index contributed by atoms with van der Waals surface area (Å²) in [5.74, 6) is 0.0359. The first-order chi connectivity index (χ1) is 14.9. The molecule has 1 aromatic heterocycles. The minimum atomic E-state index is -1.49. The van der Waals surface area contributed by atoms with Gasteiger partial charge in [-0.15, -0.1) is 0 Å². The van der Waals surface area contributed by atoms with E-state index in [4.69, 9.17) is 9.47 Å². The van der Waals surface area contributed by atoms with Crippen LogP contribution in [0.25, 0.3) is 10.9 Å². The number of fused-ring (bicyclic) bond motifs is 1. The van der Waals surface area contributed by atoms with Crippen LogP contribution in [0.15, 0.2) is 58.5 Å². The molecule has 4 N–H and O–H groups in total. The smallest absolute Gasteiger partial charge is 0.163 e. The molecule has 31 heavy (non-hydrogen) atoms. The summed E-state index contributed by atoms with van der Waals surface area (Å²) in [6, 6.07) is 12.0. The molecule has 0 bridgehead atoms. The molecule has 1 fully saturated rings. The summed E-state index contributed by atoms with van der Waals surface area (Å²) in [5, 5.41) is 41.1. The van der Waals surface area contributed by atoms with Gasteiger partial charge in [0.15, 0.2) is 6.23 Å². The Morgan fingerprint density at radius 1 is 1.06 bits per heavy atom. The van der Waals surface area contributed by atoms with Crippen LogP contribution in [-0.2, 0) is 4.74 Å². The van der Waals surface area contributed by atoms with Gasteiger partial charge < -0.3 is 34.5 Å². The number of aromatic nitrogens is 1. The molecule has 7 nitrogen and oxygen atoms in total. The molecule has 2 aromatic carbocycles. The Labute approximate surface area is 182 Å². The molecule has 5 atom stereocenters. The maximum Gasteiger partial charge on any atom is 0.163 e. The maximum atomic E-state index is 14.6. The van der Waals surface area contributed by atoms with Gasteiger partial charge in [-0.2, -0.15) is 0 Å². The lowest BCUT2D eigenvalue weighted by Crippen LogP contribution is -2.56. The van der Waals surface area contributed by atoms with E-state index in [9.17, 15) is 24.8 Å². The van der Waals surface area contributed by atoms with Gasteiger partial charge in [0.2, 0.25) is 0 Å². The Bertz CT molecular complexity index is 1060. The third-order valence-corrected chi connectivity index (χ3v) is 6.38. The van der Waals surface area contributed by atoms with E-state index in [0.717, 1.165) is 10.3 Å². The van der Waals surface area contributed by atoms with Crippen LogP contribution >= 0.6 is 11.8 Å². The molecule has 0 aliphatic carbocycles. The van der Waals surface area contributed by atoms with Gasteiger partial charge in [-0.1, -0.05) is 30.0 Å². The Kier molecular flexibility index (Phi) is 6.52. The lowest BCUT2D eigenvalue weighted by atomic mass is 9.98. The SMILES string of the molecule is CCOc1ccc(Sc2cn([C@@H]3O[C@H](CO)[C@@H](O)[C@H](O)[C@H]3O)c3ccccc23)c(F)c1. The Morgan fingerprint density at radius 3 is 2.55 bits per heavy atom. The topological polar surface area (TPSA) is 104 Å². The fraction of sp³-hybridized carbons (Fsp3) is 0.364. The fourth-order valence-electron chi connectivity index (χ4n) is 3.72. The van der Waals surface area contributed by atoms with Crippen LogP contribution in [0.4, 0.5) is 4.39 Å². The molecule has 9 heteroatoms. The number of benzene rings is 2. The van der Waals surface area contributed by atoms with Crippen molar-refractivity contribution in [3.63, 3.8) is 0 Å². The number of aliphatic hydroxyl groups is 4. The van der Waals surface area contributed by atoms with Crippen LogP contribution in [0.2, 0.25) is 0 Å². The number of halogens is 1. The zero-order chi connectivity index (χ0) is 22.1. The van der Waals surface area contributed by atoms with Crippen molar-refractivity contribution >= 4 is 22.7 Å². The lowest BCUT2D eigenvalue weighted by Gasteiger charge is -2.40. The fourth-order valence-corrected chi connectivity index (χ4v) is 4.69. The monoisotopic (exact) mass is 449 g/mol. The summed E-state index contributed by atoms with van der Waals surface area (Å²) in [6.45, 7) is 1.76. The predicted octanol–water partition coefficient (Wildman–Crippen LogP) is 2.30. The number of rotatable bonds is 6. The average molecular weight is 450 g/mol. The van der Waals surface area contributed by atoms with E-state index in [1.807, 2.05) is 31.2 Å². The van der Waals surface area contributed by atoms with Crippen molar-refractivity contribution in [2.24, 2.45) is 0 Å². The van der Waals surface area contributed by atoms with E-state index >= 15 is 0 Å². The quantitative estimate of drug-likeness (QED) is 0.458. The van der Waals surface area contributed by atoms with E-state index < -0.39 is 43.1 Å². The van der Waals surface area contributed by atoms with Crippen molar-refractivity contribution in [3.05, 3.63) is 54.5 Å². The summed E-state index contributed by atoms with van der Waals surface area (Å²) < 4.78 is 27.3. The van der Waals surface area contributed by atoms with E-state index in [-0.39, 0.29) is 0 Å². The molecule has 0 amide bonds. The lowest BCUT2D eigenvalue weighted by molar-refractivity contribution is -0.250. The first-order valence-corrected chi connectivity index (χ1v) is 10.8. The molecule has 0 radical (unpaired) electrons. The largest absolute Gasteiger partial charge is 0.494 e. The van der Waals surface area contributed by atoms with Crippen molar-refractivity contribution in [1.29, 1.82) is 0 Å². The second kappa shape index (κ2) is 9.15. The number of nitrogens with zero attached hydrogens (tertiary/aromatic N) is 1. The molecular weight excluding hydrogens is 425 g/mol. The highest BCUT2D eigenvalue weighted by Crippen LogP contribution is 2.40. The van der Waals surface area contributed by atoms with E-state index in [0.29, 0.717) is 22.8 Å². The Morgan fingerprint density at radius 2 is 1.84 bits per heavy atom. The van der Waals surface area contributed by atoms with Crippen LogP contribution in [0, 0.1) is 5.82 Å². The van der Waals surface area contributed by atoms with Gasteiger partial charge in [0, 0.05) is 27.4 Å². The highest BCUT2D eigenvalue weighted by atomic mass is 32.2. The first kappa shape index (κ1) is 22.1. The molecular formula is C22H24FNO6S. The van der Waals surface area contributed by atoms with Crippen molar-refractivity contribution in [2.75, 3.05) is 13.2 Å². The van der Waals surface area contributed by atoms with E-state index in [1.165, 1.54) is 17.8 Å². The zero-order valence-corrected chi connectivity index (χ0v) is 17.6. The highest BCUT2D eigenvalue weighted by molar-refractivity contribution is 7.99. The van der Waals surface area contributed by atoms with Gasteiger partial charge in [0.25, 0.3) is 0 Å². The molecule has 4 rings (SSSR count). The molecule has 2 heterocycles. The number of hydrogen-bond acceptors (Lipinski definition) is 7. The summed E-state index contributed by atoms with van der Waals surface area (Å²) in [5.41, 5.74) is 0.695. The van der Waals surface area contributed by atoms with Crippen LogP contribution in [0.3, 0.4) is 0 Å². The molecule has 1 saturated heterocycles. The normalized spacial score (nSPS) is 26.3. The number of para-hydroxylation sites is 1. The molecule has 0 saturated carbocycles. The molecule has 1 aliphatic heterocycles. The first-order valence-electron chi connectivity index (χ1n) is 9.95. The summed E-state index contributed by atoms with van der Waals surface area (Å²) >= 11 is 1.21. The second-order valence-electron chi connectivity index (χ2n) is 7.26. The predicted molar refractivity (Wildman–Crippen MR) is 113 cm³/mol. The summed E-state index contributed by atoms with van der Waals surface area (Å²) in [4.78, 5) is 1.12. The molecule has 3 aromatic rings. The van der Waals surface area contributed by atoms with Crippen molar-refractivity contribution < 1.29 is 34.3 Å². The minimum Gasteiger partial charge on any atom is -0.494 e. The van der Waals surface area contributed by atoms with Crippen molar-refractivity contribution in [3.8, 4) is 5.75 Å². The second-order valence-corrected chi connectivity index (χ2v) is 8.35. The standard InChI is InChI=1S/C22H24FNO6S/c1-2-29-12-7-8-17(14(23)9-12)31-18-10-24(15-6-4-3-5-13(15)18)22-21(28)20(27)19(26)16(11-25)30-22/h3-10,16,19-22,25-28H,2,11H2,1H3/t16-,19-,20+,21-,22-/m1/s1. The van der Waals surface area contributed by atoms with Gasteiger partial charge >= 0.3 is 0 Å². The number of aliphatic hydroxyl groups excluding tert-OH is 4. The maximum absolute atomic E-state index is 14.6. The van der Waals surface area contributed by atoms with Crippen LogP contribution in [-0.4, -0.2) is 62.6 Å². The molecule has 1 aliphatic rings. The summed E-state index contributed by atoms with van der Waals surface area (Å²) in [7, 11) is 0. The zero-order valence-electron chi connectivity index (χ0n) is 16.8. The van der Waals surface area contributed by atoms with Crippen molar-refractivity contribution in [2.45, 2.75) is 47.4 Å².